The Labute approximate surface area is 94.1 Å². The standard InChI is InChI=1S/C10H6ClF3N2/c11-7-3-1-6(2-4-7)9-15-5-8(16-9)10(12,13)14/h1-5H,(H,15,16). The summed E-state index contributed by atoms with van der Waals surface area (Å²) in [5, 5.41) is 0.520. The molecule has 1 aromatic heterocycles. The topological polar surface area (TPSA) is 28.7 Å². The predicted molar refractivity (Wildman–Crippen MR) is 54.0 cm³/mol. The molecule has 0 aliphatic heterocycles. The van der Waals surface area contributed by atoms with Gasteiger partial charge >= 0.3 is 6.18 Å². The van der Waals surface area contributed by atoms with Crippen LogP contribution in [0.5, 0.6) is 0 Å². The van der Waals surface area contributed by atoms with Gasteiger partial charge in [-0.15, -0.1) is 0 Å². The number of H-pyrrole nitrogens is 1. The number of rotatable bonds is 1. The van der Waals surface area contributed by atoms with E-state index in [0.717, 1.165) is 6.20 Å². The summed E-state index contributed by atoms with van der Waals surface area (Å²) in [6.07, 6.45) is -3.59. The molecule has 1 N–H and O–H groups in total. The van der Waals surface area contributed by atoms with Gasteiger partial charge in [0.05, 0.1) is 0 Å². The van der Waals surface area contributed by atoms with Gasteiger partial charge in [0, 0.05) is 16.8 Å². The first kappa shape index (κ1) is 11.0. The van der Waals surface area contributed by atoms with E-state index in [1.165, 1.54) is 0 Å². The van der Waals surface area contributed by atoms with Crippen LogP contribution < -0.4 is 0 Å². The second-order valence-electron chi connectivity index (χ2n) is 3.14. The van der Waals surface area contributed by atoms with Crippen molar-refractivity contribution in [1.82, 2.24) is 9.97 Å². The maximum atomic E-state index is 12.3. The van der Waals surface area contributed by atoms with Crippen LogP contribution in [0.15, 0.2) is 30.5 Å². The minimum atomic E-state index is -4.43. The Morgan fingerprint density at radius 3 is 2.25 bits per heavy atom. The molecule has 0 atom stereocenters. The van der Waals surface area contributed by atoms with Crippen molar-refractivity contribution >= 4 is 11.6 Å². The fraction of sp³-hybridized carbons (Fsp3) is 0.100. The van der Waals surface area contributed by atoms with Crippen molar-refractivity contribution in [3.05, 3.63) is 41.2 Å². The number of hydrogen-bond donors (Lipinski definition) is 1. The number of benzene rings is 1. The molecule has 2 nitrogen and oxygen atoms in total. The molecule has 0 radical (unpaired) electrons. The van der Waals surface area contributed by atoms with E-state index in [4.69, 9.17) is 11.6 Å². The van der Waals surface area contributed by atoms with E-state index in [2.05, 4.69) is 9.97 Å². The van der Waals surface area contributed by atoms with Crippen LogP contribution in [0.1, 0.15) is 5.69 Å². The van der Waals surface area contributed by atoms with Crippen LogP contribution in [0.2, 0.25) is 5.02 Å². The summed E-state index contributed by atoms with van der Waals surface area (Å²) in [5.41, 5.74) is -0.377. The van der Waals surface area contributed by atoms with Crippen molar-refractivity contribution in [2.75, 3.05) is 0 Å². The summed E-state index contributed by atoms with van der Waals surface area (Å²) in [4.78, 5) is 5.93. The monoisotopic (exact) mass is 246 g/mol. The molecule has 2 aromatic rings. The molecule has 0 fully saturated rings. The van der Waals surface area contributed by atoms with E-state index in [1.807, 2.05) is 0 Å². The van der Waals surface area contributed by atoms with Gasteiger partial charge in [0.15, 0.2) is 5.69 Å². The number of halogens is 4. The average Bonchev–Trinajstić information content (AvgIpc) is 2.67. The number of nitrogens with one attached hydrogen (secondary N) is 1. The minimum Gasteiger partial charge on any atom is -0.344 e. The van der Waals surface area contributed by atoms with Gasteiger partial charge in [-0.3, -0.25) is 0 Å². The zero-order chi connectivity index (χ0) is 11.8. The maximum Gasteiger partial charge on any atom is 0.434 e. The molecule has 84 valence electrons. The van der Waals surface area contributed by atoms with Crippen LogP contribution in [-0.4, -0.2) is 9.97 Å². The third-order valence-electron chi connectivity index (χ3n) is 1.99. The highest BCUT2D eigenvalue weighted by molar-refractivity contribution is 6.30. The van der Waals surface area contributed by atoms with Gasteiger partial charge in [-0.2, -0.15) is 13.2 Å². The highest BCUT2D eigenvalue weighted by atomic mass is 35.5. The molecule has 6 heteroatoms. The molecule has 0 saturated carbocycles. The average molecular weight is 247 g/mol. The lowest BCUT2D eigenvalue weighted by atomic mass is 10.2. The second kappa shape index (κ2) is 3.83. The number of nitrogens with zero attached hydrogens (tertiary/aromatic N) is 1. The maximum absolute atomic E-state index is 12.3. The van der Waals surface area contributed by atoms with Crippen LogP contribution in [0.4, 0.5) is 13.2 Å². The van der Waals surface area contributed by atoms with Gasteiger partial charge < -0.3 is 4.98 Å². The molecule has 1 aromatic carbocycles. The smallest absolute Gasteiger partial charge is 0.344 e. The van der Waals surface area contributed by atoms with Crippen LogP contribution >= 0.6 is 11.6 Å². The Kier molecular flexibility index (Phi) is 2.63. The van der Waals surface area contributed by atoms with E-state index in [-0.39, 0.29) is 5.82 Å². The lowest BCUT2D eigenvalue weighted by Gasteiger charge is -2.00. The summed E-state index contributed by atoms with van der Waals surface area (Å²) in [6, 6.07) is 6.38. The zero-order valence-corrected chi connectivity index (χ0v) is 8.60. The first-order chi connectivity index (χ1) is 7.47. The third kappa shape index (κ3) is 2.19. The summed E-state index contributed by atoms with van der Waals surface area (Å²) in [7, 11) is 0. The van der Waals surface area contributed by atoms with Crippen molar-refractivity contribution in [2.24, 2.45) is 0 Å². The summed E-state index contributed by atoms with van der Waals surface area (Å²) >= 11 is 5.67. The second-order valence-corrected chi connectivity index (χ2v) is 3.58. The highest BCUT2D eigenvalue weighted by Crippen LogP contribution is 2.29. The van der Waals surface area contributed by atoms with E-state index < -0.39 is 11.9 Å². The van der Waals surface area contributed by atoms with E-state index in [0.29, 0.717) is 10.6 Å². The SMILES string of the molecule is FC(F)(F)c1c[nH]c(-c2ccc(Cl)cc2)n1. The fourth-order valence-corrected chi connectivity index (χ4v) is 1.35. The molecule has 0 aliphatic carbocycles. The Morgan fingerprint density at radius 1 is 1.12 bits per heavy atom. The quantitative estimate of drug-likeness (QED) is 0.816. The first-order valence-corrected chi connectivity index (χ1v) is 4.73. The minimum absolute atomic E-state index is 0.170. The number of aromatic amines is 1. The summed E-state index contributed by atoms with van der Waals surface area (Å²) in [5.74, 6) is 0.170. The van der Waals surface area contributed by atoms with Gasteiger partial charge in [-0.25, -0.2) is 4.98 Å². The molecule has 0 unspecified atom stereocenters. The molecule has 16 heavy (non-hydrogen) atoms. The Hall–Kier alpha value is -1.49. The van der Waals surface area contributed by atoms with E-state index >= 15 is 0 Å². The van der Waals surface area contributed by atoms with E-state index in [9.17, 15) is 13.2 Å². The van der Waals surface area contributed by atoms with Crippen LogP contribution in [-0.2, 0) is 6.18 Å². The molecule has 0 spiro atoms. The number of alkyl halides is 3. The van der Waals surface area contributed by atoms with Crippen molar-refractivity contribution in [3.63, 3.8) is 0 Å². The first-order valence-electron chi connectivity index (χ1n) is 4.35. The van der Waals surface area contributed by atoms with Crippen LogP contribution in [0.25, 0.3) is 11.4 Å². The Balaban J connectivity index is 2.35. The zero-order valence-electron chi connectivity index (χ0n) is 7.85. The van der Waals surface area contributed by atoms with E-state index in [1.54, 1.807) is 24.3 Å². The van der Waals surface area contributed by atoms with Gasteiger partial charge in [-0.05, 0) is 24.3 Å². The van der Waals surface area contributed by atoms with Crippen molar-refractivity contribution < 1.29 is 13.2 Å². The van der Waals surface area contributed by atoms with Gasteiger partial charge in [-0.1, -0.05) is 11.6 Å². The molecule has 0 bridgehead atoms. The Bertz CT molecular complexity index is 488. The molecule has 1 heterocycles. The van der Waals surface area contributed by atoms with Crippen LogP contribution in [0.3, 0.4) is 0 Å². The predicted octanol–water partition coefficient (Wildman–Crippen LogP) is 3.75. The molecule has 2 rings (SSSR count). The van der Waals surface area contributed by atoms with Crippen molar-refractivity contribution in [1.29, 1.82) is 0 Å². The van der Waals surface area contributed by atoms with Crippen LogP contribution in [0, 0.1) is 0 Å². The summed E-state index contributed by atoms with van der Waals surface area (Å²) in [6.45, 7) is 0. The fourth-order valence-electron chi connectivity index (χ4n) is 1.22. The molecular weight excluding hydrogens is 241 g/mol. The highest BCUT2D eigenvalue weighted by Gasteiger charge is 2.33. The number of hydrogen-bond acceptors (Lipinski definition) is 1. The van der Waals surface area contributed by atoms with Crippen molar-refractivity contribution in [2.45, 2.75) is 6.18 Å². The number of aromatic nitrogens is 2. The third-order valence-corrected chi connectivity index (χ3v) is 2.24. The molecule has 0 aliphatic rings. The molecule has 0 amide bonds. The lowest BCUT2D eigenvalue weighted by Crippen LogP contribution is -2.04. The normalized spacial score (nSPS) is 11.8. The number of imidazole rings is 1. The van der Waals surface area contributed by atoms with Crippen molar-refractivity contribution in [3.8, 4) is 11.4 Å². The molecular formula is C10H6ClF3N2. The largest absolute Gasteiger partial charge is 0.434 e. The van der Waals surface area contributed by atoms with Gasteiger partial charge in [0.25, 0.3) is 0 Å². The van der Waals surface area contributed by atoms with Gasteiger partial charge in [0.2, 0.25) is 0 Å². The lowest BCUT2D eigenvalue weighted by molar-refractivity contribution is -0.140. The van der Waals surface area contributed by atoms with Gasteiger partial charge in [0.1, 0.15) is 5.82 Å². The molecule has 0 saturated heterocycles. The summed E-state index contributed by atoms with van der Waals surface area (Å²) < 4.78 is 36.8. The Morgan fingerprint density at radius 2 is 1.75 bits per heavy atom.